The number of amides is 1. The second-order valence-corrected chi connectivity index (χ2v) is 7.53. The molecule has 2 heterocycles. The zero-order valence-corrected chi connectivity index (χ0v) is 14.9. The molecule has 0 bridgehead atoms. The van der Waals surface area contributed by atoms with Crippen molar-refractivity contribution >= 4 is 5.91 Å². The first-order chi connectivity index (χ1) is 12.2. The van der Waals surface area contributed by atoms with Crippen molar-refractivity contribution in [3.63, 3.8) is 0 Å². The van der Waals surface area contributed by atoms with Crippen LogP contribution in [-0.4, -0.2) is 22.3 Å². The van der Waals surface area contributed by atoms with Gasteiger partial charge in [0.05, 0.1) is 11.7 Å². The smallest absolute Gasteiger partial charge is 0.226 e. The molecule has 0 spiro atoms. The normalized spacial score (nSPS) is 20.5. The van der Waals surface area contributed by atoms with E-state index in [4.69, 9.17) is 4.98 Å². The summed E-state index contributed by atoms with van der Waals surface area (Å²) in [5.74, 6) is 0.635. The maximum Gasteiger partial charge on any atom is 0.226 e. The molecule has 0 unspecified atom stereocenters. The maximum absolute atomic E-state index is 12.7. The highest BCUT2D eigenvalue weighted by atomic mass is 16.2. The number of benzene rings is 1. The van der Waals surface area contributed by atoms with Gasteiger partial charge in [0.2, 0.25) is 5.91 Å². The van der Waals surface area contributed by atoms with Crippen molar-refractivity contribution in [2.75, 3.05) is 6.54 Å². The van der Waals surface area contributed by atoms with Crippen LogP contribution in [0.5, 0.6) is 0 Å². The highest BCUT2D eigenvalue weighted by Crippen LogP contribution is 2.36. The Morgan fingerprint density at radius 3 is 2.60 bits per heavy atom. The number of rotatable bonds is 4. The first-order valence-corrected chi connectivity index (χ1v) is 9.52. The summed E-state index contributed by atoms with van der Waals surface area (Å²) < 4.78 is 0. The Balaban J connectivity index is 1.51. The average molecular weight is 334 g/mol. The van der Waals surface area contributed by atoms with E-state index in [9.17, 15) is 4.79 Å². The Hall–Kier alpha value is -2.16. The number of likely N-dealkylation sites (tertiary alicyclic amines) is 1. The average Bonchev–Trinajstić information content (AvgIpc) is 3.05. The maximum atomic E-state index is 12.7. The van der Waals surface area contributed by atoms with Crippen LogP contribution in [0.2, 0.25) is 0 Å². The van der Waals surface area contributed by atoms with Crippen molar-refractivity contribution in [1.29, 1.82) is 0 Å². The van der Waals surface area contributed by atoms with E-state index in [-0.39, 0.29) is 12.0 Å². The Morgan fingerprint density at radius 1 is 1.08 bits per heavy atom. The van der Waals surface area contributed by atoms with E-state index >= 15 is 0 Å². The molecule has 130 valence electrons. The lowest BCUT2D eigenvalue weighted by molar-refractivity contribution is -0.139. The van der Waals surface area contributed by atoms with Crippen molar-refractivity contribution in [2.45, 2.75) is 51.5 Å². The van der Waals surface area contributed by atoms with Gasteiger partial charge in [-0.05, 0) is 50.3 Å². The summed E-state index contributed by atoms with van der Waals surface area (Å²) in [4.78, 5) is 19.7. The van der Waals surface area contributed by atoms with E-state index in [2.05, 4.69) is 54.3 Å². The third-order valence-electron chi connectivity index (χ3n) is 5.67. The standard InChI is InChI=1S/C22H26N2O/c1-16-10-12-17(13-11-16)15-19-7-3-8-20(23-19)21-9-4-14-24(21)22(25)18-5-2-6-18/h3,7-8,10-13,18,21H,2,4-6,9,14-15H2,1H3/t21-/m1/s1. The highest BCUT2D eigenvalue weighted by Gasteiger charge is 2.36. The molecule has 0 N–H and O–H groups in total. The van der Waals surface area contributed by atoms with Crippen molar-refractivity contribution in [1.82, 2.24) is 9.88 Å². The van der Waals surface area contributed by atoms with Crippen LogP contribution in [0.1, 0.15) is 60.7 Å². The SMILES string of the molecule is Cc1ccc(Cc2cccc([C@H]3CCCN3C(=O)C3CCC3)n2)cc1. The predicted octanol–water partition coefficient (Wildman–Crippen LogP) is 4.44. The zero-order chi connectivity index (χ0) is 17.2. The van der Waals surface area contributed by atoms with E-state index < -0.39 is 0 Å². The van der Waals surface area contributed by atoms with Crippen LogP contribution in [0.25, 0.3) is 0 Å². The van der Waals surface area contributed by atoms with Gasteiger partial charge < -0.3 is 4.90 Å². The number of hydrogen-bond acceptors (Lipinski definition) is 2. The molecule has 2 fully saturated rings. The van der Waals surface area contributed by atoms with Crippen molar-refractivity contribution in [2.24, 2.45) is 5.92 Å². The summed E-state index contributed by atoms with van der Waals surface area (Å²) in [5.41, 5.74) is 4.71. The Kier molecular flexibility index (Phi) is 4.56. The summed E-state index contributed by atoms with van der Waals surface area (Å²) in [5, 5.41) is 0. The Labute approximate surface area is 150 Å². The van der Waals surface area contributed by atoms with E-state index in [0.29, 0.717) is 5.91 Å². The largest absolute Gasteiger partial charge is 0.334 e. The molecule has 1 aliphatic carbocycles. The Morgan fingerprint density at radius 2 is 1.88 bits per heavy atom. The number of nitrogens with zero attached hydrogens (tertiary/aromatic N) is 2. The van der Waals surface area contributed by atoms with Crippen LogP contribution < -0.4 is 0 Å². The lowest BCUT2D eigenvalue weighted by Gasteiger charge is -2.32. The zero-order valence-electron chi connectivity index (χ0n) is 14.9. The molecule has 0 radical (unpaired) electrons. The lowest BCUT2D eigenvalue weighted by atomic mass is 9.84. The number of carbonyl (C=O) groups excluding carboxylic acids is 1. The molecule has 1 saturated heterocycles. The molecule has 3 nitrogen and oxygen atoms in total. The predicted molar refractivity (Wildman–Crippen MR) is 99.3 cm³/mol. The van der Waals surface area contributed by atoms with Gasteiger partial charge in [0, 0.05) is 24.6 Å². The van der Waals surface area contributed by atoms with Crippen molar-refractivity contribution < 1.29 is 4.79 Å². The van der Waals surface area contributed by atoms with E-state index in [1.807, 2.05) is 0 Å². The Bertz CT molecular complexity index is 749. The van der Waals surface area contributed by atoms with E-state index in [1.54, 1.807) is 0 Å². The van der Waals surface area contributed by atoms with E-state index in [1.165, 1.54) is 17.5 Å². The van der Waals surface area contributed by atoms with Gasteiger partial charge in [-0.2, -0.15) is 0 Å². The minimum Gasteiger partial charge on any atom is -0.334 e. The monoisotopic (exact) mass is 334 g/mol. The van der Waals surface area contributed by atoms with Crippen molar-refractivity contribution in [3.05, 3.63) is 65.0 Å². The number of aryl methyl sites for hydroxylation is 1. The van der Waals surface area contributed by atoms with Crippen LogP contribution >= 0.6 is 0 Å². The molecule has 1 aliphatic heterocycles. The van der Waals surface area contributed by atoms with Crippen LogP contribution in [-0.2, 0) is 11.2 Å². The molecule has 25 heavy (non-hydrogen) atoms. The third kappa shape index (κ3) is 3.46. The molecule has 2 aliphatic rings. The van der Waals surface area contributed by atoms with Gasteiger partial charge in [0.25, 0.3) is 0 Å². The van der Waals surface area contributed by atoms with Gasteiger partial charge in [-0.25, -0.2) is 0 Å². The number of aromatic nitrogens is 1. The van der Waals surface area contributed by atoms with Gasteiger partial charge in [-0.3, -0.25) is 9.78 Å². The summed E-state index contributed by atoms with van der Waals surface area (Å²) in [6.07, 6.45) is 6.33. The summed E-state index contributed by atoms with van der Waals surface area (Å²) >= 11 is 0. The molecular formula is C22H26N2O. The fourth-order valence-corrected chi connectivity index (χ4v) is 3.92. The molecule has 1 atom stereocenters. The molecule has 1 amide bonds. The van der Waals surface area contributed by atoms with Crippen LogP contribution in [0.15, 0.2) is 42.5 Å². The molecule has 3 heteroatoms. The van der Waals surface area contributed by atoms with Crippen LogP contribution in [0.4, 0.5) is 0 Å². The quantitative estimate of drug-likeness (QED) is 0.828. The van der Waals surface area contributed by atoms with Gasteiger partial charge in [-0.15, -0.1) is 0 Å². The molecule has 1 aromatic carbocycles. The lowest BCUT2D eigenvalue weighted by Crippen LogP contribution is -2.38. The van der Waals surface area contributed by atoms with E-state index in [0.717, 1.165) is 50.0 Å². The molecule has 1 aromatic heterocycles. The molecule has 4 rings (SSSR count). The van der Waals surface area contributed by atoms with Crippen LogP contribution in [0.3, 0.4) is 0 Å². The summed E-state index contributed by atoms with van der Waals surface area (Å²) in [6, 6.07) is 15.1. The molecule has 1 saturated carbocycles. The first-order valence-electron chi connectivity index (χ1n) is 9.52. The van der Waals surface area contributed by atoms with Crippen LogP contribution in [0, 0.1) is 12.8 Å². The summed E-state index contributed by atoms with van der Waals surface area (Å²) in [6.45, 7) is 3.00. The number of hydrogen-bond donors (Lipinski definition) is 0. The fourth-order valence-electron chi connectivity index (χ4n) is 3.92. The van der Waals surface area contributed by atoms with Gasteiger partial charge in [0.15, 0.2) is 0 Å². The van der Waals surface area contributed by atoms with Gasteiger partial charge in [0.1, 0.15) is 0 Å². The highest BCUT2D eigenvalue weighted by molar-refractivity contribution is 5.80. The summed E-state index contributed by atoms with van der Waals surface area (Å²) in [7, 11) is 0. The second-order valence-electron chi connectivity index (χ2n) is 7.53. The topological polar surface area (TPSA) is 33.2 Å². The molecule has 2 aromatic rings. The first kappa shape index (κ1) is 16.3. The fraction of sp³-hybridized carbons (Fsp3) is 0.455. The minimum atomic E-state index is 0.172. The number of carbonyl (C=O) groups is 1. The van der Waals surface area contributed by atoms with Gasteiger partial charge >= 0.3 is 0 Å². The van der Waals surface area contributed by atoms with Crippen molar-refractivity contribution in [3.8, 4) is 0 Å². The minimum absolute atomic E-state index is 0.172. The molecular weight excluding hydrogens is 308 g/mol. The third-order valence-corrected chi connectivity index (χ3v) is 5.67. The second kappa shape index (κ2) is 6.99. The van der Waals surface area contributed by atoms with Gasteiger partial charge in [-0.1, -0.05) is 42.3 Å². The number of pyridine rings is 1.